The molecule has 0 aromatic heterocycles. The fourth-order valence-corrected chi connectivity index (χ4v) is 3.73. The van der Waals surface area contributed by atoms with E-state index in [-0.39, 0.29) is 11.3 Å². The molecule has 0 amide bonds. The van der Waals surface area contributed by atoms with Crippen LogP contribution >= 0.6 is 0 Å². The number of likely N-dealkylation sites (tertiary alicyclic amines) is 1. The first-order chi connectivity index (χ1) is 10.5. The van der Waals surface area contributed by atoms with E-state index in [2.05, 4.69) is 43.0 Å². The highest BCUT2D eigenvalue weighted by Crippen LogP contribution is 2.43. The minimum absolute atomic E-state index is 0.0977. The van der Waals surface area contributed by atoms with Crippen LogP contribution in [0.5, 0.6) is 0 Å². The predicted octanol–water partition coefficient (Wildman–Crippen LogP) is 2.73. The van der Waals surface area contributed by atoms with E-state index in [0.717, 1.165) is 44.0 Å². The van der Waals surface area contributed by atoms with Gasteiger partial charge in [-0.15, -0.1) is 0 Å². The Kier molecular flexibility index (Phi) is 5.93. The summed E-state index contributed by atoms with van der Waals surface area (Å²) in [7, 11) is 7.84. The molecular formula is C18H32N2O2. The molecule has 0 bridgehead atoms. The van der Waals surface area contributed by atoms with Gasteiger partial charge in [-0.1, -0.05) is 6.92 Å². The molecule has 1 aliphatic carbocycles. The normalized spacial score (nSPS) is 28.9. The fraction of sp³-hybridized carbons (Fsp3) is 0.778. The van der Waals surface area contributed by atoms with Crippen LogP contribution in [-0.4, -0.2) is 64.3 Å². The monoisotopic (exact) mass is 308 g/mol. The van der Waals surface area contributed by atoms with Crippen molar-refractivity contribution in [1.82, 2.24) is 9.80 Å². The van der Waals surface area contributed by atoms with Crippen molar-refractivity contribution in [2.24, 2.45) is 11.3 Å². The van der Waals surface area contributed by atoms with Crippen molar-refractivity contribution in [3.63, 3.8) is 0 Å². The largest absolute Gasteiger partial charge is 0.501 e. The second kappa shape index (κ2) is 7.51. The van der Waals surface area contributed by atoms with E-state index in [1.807, 2.05) is 0 Å². The molecule has 1 fully saturated rings. The van der Waals surface area contributed by atoms with Crippen LogP contribution in [0.25, 0.3) is 0 Å². The molecule has 0 atom stereocenters. The van der Waals surface area contributed by atoms with Crippen molar-refractivity contribution in [2.75, 3.05) is 54.5 Å². The second-order valence-corrected chi connectivity index (χ2v) is 6.88. The summed E-state index contributed by atoms with van der Waals surface area (Å²) in [4.78, 5) is 4.83. The topological polar surface area (TPSA) is 24.9 Å². The van der Waals surface area contributed by atoms with E-state index in [1.54, 1.807) is 14.2 Å². The molecule has 0 radical (unpaired) electrons. The maximum Gasteiger partial charge on any atom is 0.103 e. The molecule has 1 saturated heterocycles. The lowest BCUT2D eigenvalue weighted by Gasteiger charge is -2.33. The van der Waals surface area contributed by atoms with Crippen molar-refractivity contribution in [1.29, 1.82) is 0 Å². The first-order valence-electron chi connectivity index (χ1n) is 8.44. The Hall–Kier alpha value is -1.00. The van der Waals surface area contributed by atoms with Crippen molar-refractivity contribution < 1.29 is 9.47 Å². The van der Waals surface area contributed by atoms with Gasteiger partial charge in [-0.2, -0.15) is 0 Å². The van der Waals surface area contributed by atoms with Gasteiger partial charge in [-0.3, -0.25) is 0 Å². The van der Waals surface area contributed by atoms with Crippen LogP contribution < -0.4 is 0 Å². The smallest absolute Gasteiger partial charge is 0.103 e. The third-order valence-electron chi connectivity index (χ3n) is 4.92. The summed E-state index contributed by atoms with van der Waals surface area (Å²) in [6.07, 6.45) is 8.11. The van der Waals surface area contributed by atoms with Gasteiger partial charge in [0.15, 0.2) is 0 Å². The van der Waals surface area contributed by atoms with Gasteiger partial charge in [-0.25, -0.2) is 0 Å². The van der Waals surface area contributed by atoms with E-state index >= 15 is 0 Å². The van der Waals surface area contributed by atoms with E-state index < -0.39 is 0 Å². The maximum atomic E-state index is 5.68. The molecule has 22 heavy (non-hydrogen) atoms. The van der Waals surface area contributed by atoms with Crippen LogP contribution in [-0.2, 0) is 9.47 Å². The predicted molar refractivity (Wildman–Crippen MR) is 90.6 cm³/mol. The van der Waals surface area contributed by atoms with Gasteiger partial charge in [-0.05, 0) is 65.1 Å². The van der Waals surface area contributed by atoms with E-state index in [1.165, 1.54) is 13.0 Å². The zero-order chi connectivity index (χ0) is 16.2. The number of ether oxygens (including phenoxy) is 2. The number of nitrogens with zero attached hydrogens (tertiary/aromatic N) is 2. The van der Waals surface area contributed by atoms with Gasteiger partial charge in [0.1, 0.15) is 11.5 Å². The highest BCUT2D eigenvalue weighted by molar-refractivity contribution is 5.30. The highest BCUT2D eigenvalue weighted by Gasteiger charge is 2.40. The second-order valence-electron chi connectivity index (χ2n) is 6.88. The van der Waals surface area contributed by atoms with Gasteiger partial charge in [0.2, 0.25) is 0 Å². The molecule has 0 aromatic carbocycles. The quantitative estimate of drug-likeness (QED) is 0.722. The van der Waals surface area contributed by atoms with Crippen LogP contribution in [0.4, 0.5) is 0 Å². The number of hydrogen-bond acceptors (Lipinski definition) is 4. The summed E-state index contributed by atoms with van der Waals surface area (Å²) in [6, 6.07) is 0. The van der Waals surface area contributed by atoms with Gasteiger partial charge in [0, 0.05) is 12.0 Å². The van der Waals surface area contributed by atoms with Gasteiger partial charge in [0.05, 0.1) is 20.1 Å². The zero-order valence-electron chi connectivity index (χ0n) is 14.9. The summed E-state index contributed by atoms with van der Waals surface area (Å²) >= 11 is 0. The number of hydrogen-bond donors (Lipinski definition) is 0. The third kappa shape index (κ3) is 3.85. The maximum absolute atomic E-state index is 5.68. The van der Waals surface area contributed by atoms with Crippen LogP contribution in [0.2, 0.25) is 0 Å². The van der Waals surface area contributed by atoms with E-state index in [0.29, 0.717) is 0 Å². The van der Waals surface area contributed by atoms with Gasteiger partial charge >= 0.3 is 0 Å². The standard InChI is InChI=1S/C18H32N2O2/c1-6-15-16(21-4)12-18(13-17(15)22-5)8-11-20(14-18)10-7-9-19(2)3/h12-13,15H,6-11,14H2,1-5H3. The van der Waals surface area contributed by atoms with E-state index in [4.69, 9.17) is 9.47 Å². The highest BCUT2D eigenvalue weighted by atomic mass is 16.5. The molecule has 0 saturated carbocycles. The van der Waals surface area contributed by atoms with Crippen molar-refractivity contribution in [3.05, 3.63) is 23.7 Å². The molecule has 0 N–H and O–H groups in total. The lowest BCUT2D eigenvalue weighted by molar-refractivity contribution is 0.173. The lowest BCUT2D eigenvalue weighted by Crippen LogP contribution is -2.30. The average molecular weight is 308 g/mol. The Morgan fingerprint density at radius 3 is 2.36 bits per heavy atom. The molecule has 1 spiro atoms. The van der Waals surface area contributed by atoms with Crippen LogP contribution in [0.15, 0.2) is 23.7 Å². The van der Waals surface area contributed by atoms with Crippen LogP contribution in [0.1, 0.15) is 26.2 Å². The first kappa shape index (κ1) is 17.4. The summed E-state index contributed by atoms with van der Waals surface area (Å²) in [5.74, 6) is 2.44. The molecule has 1 aliphatic heterocycles. The summed E-state index contributed by atoms with van der Waals surface area (Å²) in [6.45, 7) is 6.75. The van der Waals surface area contributed by atoms with Crippen molar-refractivity contribution in [3.8, 4) is 0 Å². The van der Waals surface area contributed by atoms with Crippen molar-refractivity contribution in [2.45, 2.75) is 26.2 Å². The Morgan fingerprint density at radius 2 is 1.86 bits per heavy atom. The molecule has 2 aliphatic rings. The Morgan fingerprint density at radius 1 is 1.23 bits per heavy atom. The molecule has 0 aromatic rings. The Labute approximate surface area is 135 Å². The molecule has 4 heteroatoms. The molecule has 2 rings (SSSR count). The van der Waals surface area contributed by atoms with Crippen LogP contribution in [0.3, 0.4) is 0 Å². The van der Waals surface area contributed by atoms with Crippen molar-refractivity contribution >= 4 is 0 Å². The lowest BCUT2D eigenvalue weighted by atomic mass is 9.78. The molecular weight excluding hydrogens is 276 g/mol. The SMILES string of the molecule is CCC1C(OC)=CC2(C=C1OC)CCN(CCCN(C)C)C2. The first-order valence-corrected chi connectivity index (χ1v) is 8.44. The Balaban J connectivity index is 2.05. The molecule has 1 heterocycles. The third-order valence-corrected chi connectivity index (χ3v) is 4.92. The minimum atomic E-state index is 0.0977. The summed E-state index contributed by atoms with van der Waals surface area (Å²) < 4.78 is 11.4. The molecule has 126 valence electrons. The van der Waals surface area contributed by atoms with Crippen LogP contribution in [0, 0.1) is 11.3 Å². The average Bonchev–Trinajstić information content (AvgIpc) is 2.88. The zero-order valence-corrected chi connectivity index (χ0v) is 14.9. The number of methoxy groups -OCH3 is 2. The summed E-state index contributed by atoms with van der Waals surface area (Å²) in [5.41, 5.74) is 0.0977. The van der Waals surface area contributed by atoms with Gasteiger partial charge in [0.25, 0.3) is 0 Å². The summed E-state index contributed by atoms with van der Waals surface area (Å²) in [5, 5.41) is 0. The molecule has 0 unspecified atom stereocenters. The van der Waals surface area contributed by atoms with E-state index in [9.17, 15) is 0 Å². The minimum Gasteiger partial charge on any atom is -0.501 e. The number of rotatable bonds is 7. The molecule has 4 nitrogen and oxygen atoms in total. The Bertz CT molecular complexity index is 407. The fourth-order valence-electron chi connectivity index (χ4n) is 3.73. The van der Waals surface area contributed by atoms with Gasteiger partial charge < -0.3 is 19.3 Å².